The summed E-state index contributed by atoms with van der Waals surface area (Å²) in [6, 6.07) is 5.74. The first-order chi connectivity index (χ1) is 9.52. The quantitative estimate of drug-likeness (QED) is 0.529. The fourth-order valence-electron chi connectivity index (χ4n) is 1.81. The van der Waals surface area contributed by atoms with Gasteiger partial charge in [-0.3, -0.25) is 0 Å². The van der Waals surface area contributed by atoms with Gasteiger partial charge >= 0.3 is 5.97 Å². The summed E-state index contributed by atoms with van der Waals surface area (Å²) in [5.74, 6) is -0.397. The molecule has 0 fully saturated rings. The summed E-state index contributed by atoms with van der Waals surface area (Å²) in [7, 11) is 3.75. The smallest absolute Gasteiger partial charge is 0.357 e. The summed E-state index contributed by atoms with van der Waals surface area (Å²) in [5, 5.41) is 0.875. The third-order valence-electron chi connectivity index (χ3n) is 2.63. The van der Waals surface area contributed by atoms with Crippen LogP contribution in [-0.4, -0.2) is 42.9 Å². The maximum absolute atomic E-state index is 12.0. The minimum absolute atomic E-state index is 0.328. The van der Waals surface area contributed by atoms with Gasteiger partial charge in [0.25, 0.3) is 0 Å². The van der Waals surface area contributed by atoms with Crippen LogP contribution in [0.5, 0.6) is 0 Å². The van der Waals surface area contributed by atoms with Gasteiger partial charge < -0.3 is 14.6 Å². The van der Waals surface area contributed by atoms with Gasteiger partial charge in [0, 0.05) is 29.5 Å². The lowest BCUT2D eigenvalue weighted by Gasteiger charge is -2.04. The van der Waals surface area contributed by atoms with Crippen molar-refractivity contribution >= 4 is 44.8 Å². The van der Waals surface area contributed by atoms with Crippen molar-refractivity contribution in [3.05, 3.63) is 28.4 Å². The molecule has 0 saturated heterocycles. The molecule has 106 valence electrons. The van der Waals surface area contributed by atoms with Gasteiger partial charge in [0.1, 0.15) is 5.69 Å². The monoisotopic (exact) mass is 337 g/mol. The molecular weight excluding hydrogens is 322 g/mol. The Morgan fingerprint density at radius 1 is 1.50 bits per heavy atom. The largest absolute Gasteiger partial charge is 0.461 e. The van der Waals surface area contributed by atoms with Gasteiger partial charge in [-0.05, 0) is 25.1 Å². The number of H-pyrrole nitrogens is 1. The molecule has 0 radical (unpaired) electrons. The normalized spacial score (nSPS) is 11.2. The first kappa shape index (κ1) is 14.6. The van der Waals surface area contributed by atoms with Crippen LogP contribution in [0, 0.1) is 0 Å². The molecule has 0 bridgehead atoms. The van der Waals surface area contributed by atoms with Crippen LogP contribution in [-0.2, 0) is 4.74 Å². The first-order valence-electron chi connectivity index (χ1n) is 6.22. The van der Waals surface area contributed by atoms with E-state index < -0.39 is 5.97 Å². The average Bonchev–Trinajstić information content (AvgIpc) is 2.74. The van der Waals surface area contributed by atoms with Crippen LogP contribution in [0.2, 0.25) is 0 Å². The second-order valence-electron chi connectivity index (χ2n) is 4.47. The summed E-state index contributed by atoms with van der Waals surface area (Å²) in [6.07, 6.45) is 1.66. The number of nitrogens with zero attached hydrogens (tertiary/aromatic N) is 2. The van der Waals surface area contributed by atoms with E-state index in [1.165, 1.54) is 0 Å². The van der Waals surface area contributed by atoms with Gasteiger partial charge in [-0.25, -0.2) is 9.79 Å². The van der Waals surface area contributed by atoms with E-state index in [0.29, 0.717) is 18.0 Å². The van der Waals surface area contributed by atoms with Crippen LogP contribution >= 0.6 is 15.9 Å². The van der Waals surface area contributed by atoms with Crippen LogP contribution < -0.4 is 0 Å². The Kier molecular flexibility index (Phi) is 4.44. The molecule has 0 amide bonds. The Morgan fingerprint density at radius 2 is 2.25 bits per heavy atom. The van der Waals surface area contributed by atoms with E-state index in [1.54, 1.807) is 13.3 Å². The van der Waals surface area contributed by atoms with Crippen molar-refractivity contribution in [2.24, 2.45) is 4.99 Å². The molecule has 0 atom stereocenters. The molecule has 20 heavy (non-hydrogen) atoms. The minimum atomic E-state index is -0.397. The van der Waals surface area contributed by atoms with Crippen molar-refractivity contribution < 1.29 is 9.53 Å². The predicted octanol–water partition coefficient (Wildman–Crippen LogP) is 3.33. The van der Waals surface area contributed by atoms with Gasteiger partial charge in [0.05, 0.1) is 12.9 Å². The summed E-state index contributed by atoms with van der Waals surface area (Å²) < 4.78 is 6.00. The van der Waals surface area contributed by atoms with Crippen LogP contribution in [0.4, 0.5) is 5.69 Å². The topological polar surface area (TPSA) is 57.7 Å². The Hall–Kier alpha value is -1.82. The Labute approximate surface area is 125 Å². The SMILES string of the molecule is CCOC(=O)c1[nH]c2ccc(Br)cc2c1N=CN(C)C. The molecule has 2 rings (SSSR count). The number of ether oxygens (including phenoxy) is 1. The van der Waals surface area contributed by atoms with Crippen molar-refractivity contribution in [1.29, 1.82) is 0 Å². The summed E-state index contributed by atoms with van der Waals surface area (Å²) in [4.78, 5) is 21.3. The van der Waals surface area contributed by atoms with Gasteiger partial charge in [-0.1, -0.05) is 15.9 Å². The highest BCUT2D eigenvalue weighted by atomic mass is 79.9. The molecule has 1 N–H and O–H groups in total. The number of carbonyl (C=O) groups is 1. The van der Waals surface area contributed by atoms with Crippen molar-refractivity contribution in [3.8, 4) is 0 Å². The molecule has 6 heteroatoms. The van der Waals surface area contributed by atoms with Crippen LogP contribution in [0.1, 0.15) is 17.4 Å². The summed E-state index contributed by atoms with van der Waals surface area (Å²) >= 11 is 3.43. The molecule has 1 aromatic carbocycles. The zero-order valence-electron chi connectivity index (χ0n) is 11.6. The molecule has 0 aliphatic heterocycles. The lowest BCUT2D eigenvalue weighted by Crippen LogP contribution is -2.08. The molecule has 2 aromatic rings. The van der Waals surface area contributed by atoms with E-state index in [2.05, 4.69) is 25.9 Å². The standard InChI is InChI=1S/C14H16BrN3O2/c1-4-20-14(19)13-12(16-8-18(2)3)10-7-9(15)5-6-11(10)17-13/h5-8,17H,4H2,1-3H3. The predicted molar refractivity (Wildman–Crippen MR) is 83.8 cm³/mol. The summed E-state index contributed by atoms with van der Waals surface area (Å²) in [5.41, 5.74) is 1.81. The lowest BCUT2D eigenvalue weighted by atomic mass is 10.2. The fourth-order valence-corrected chi connectivity index (χ4v) is 2.17. The second kappa shape index (κ2) is 6.09. The van der Waals surface area contributed by atoms with Crippen LogP contribution in [0.15, 0.2) is 27.7 Å². The van der Waals surface area contributed by atoms with Gasteiger partial charge in [-0.2, -0.15) is 0 Å². The number of hydrogen-bond donors (Lipinski definition) is 1. The number of hydrogen-bond acceptors (Lipinski definition) is 3. The maximum atomic E-state index is 12.0. The van der Waals surface area contributed by atoms with E-state index in [9.17, 15) is 4.79 Å². The second-order valence-corrected chi connectivity index (χ2v) is 5.38. The van der Waals surface area contributed by atoms with Crippen molar-refractivity contribution in [2.75, 3.05) is 20.7 Å². The zero-order chi connectivity index (χ0) is 14.7. The average molecular weight is 338 g/mol. The number of nitrogens with one attached hydrogen (secondary N) is 1. The Morgan fingerprint density at radius 3 is 2.90 bits per heavy atom. The van der Waals surface area contributed by atoms with Gasteiger partial charge in [-0.15, -0.1) is 0 Å². The highest BCUT2D eigenvalue weighted by Gasteiger charge is 2.18. The van der Waals surface area contributed by atoms with Gasteiger partial charge in [0.2, 0.25) is 0 Å². The molecule has 5 nitrogen and oxygen atoms in total. The fraction of sp³-hybridized carbons (Fsp3) is 0.286. The minimum Gasteiger partial charge on any atom is -0.461 e. The van der Waals surface area contributed by atoms with E-state index in [-0.39, 0.29) is 0 Å². The molecule has 0 spiro atoms. The summed E-state index contributed by atoms with van der Waals surface area (Å²) in [6.45, 7) is 2.11. The highest BCUT2D eigenvalue weighted by Crippen LogP contribution is 2.32. The molecule has 1 aromatic heterocycles. The number of aromatic nitrogens is 1. The molecule has 1 heterocycles. The molecule has 0 aliphatic carbocycles. The molecular formula is C14H16BrN3O2. The molecule has 0 saturated carbocycles. The van der Waals surface area contributed by atoms with E-state index >= 15 is 0 Å². The highest BCUT2D eigenvalue weighted by molar-refractivity contribution is 9.10. The maximum Gasteiger partial charge on any atom is 0.357 e. The number of fused-ring (bicyclic) bond motifs is 1. The molecule has 0 unspecified atom stereocenters. The van der Waals surface area contributed by atoms with E-state index in [4.69, 9.17) is 4.74 Å². The lowest BCUT2D eigenvalue weighted by molar-refractivity contribution is 0.0521. The number of benzene rings is 1. The zero-order valence-corrected chi connectivity index (χ0v) is 13.2. The third-order valence-corrected chi connectivity index (χ3v) is 3.12. The first-order valence-corrected chi connectivity index (χ1v) is 7.01. The van der Waals surface area contributed by atoms with Crippen LogP contribution in [0.3, 0.4) is 0 Å². The molecule has 0 aliphatic rings. The van der Waals surface area contributed by atoms with E-state index in [0.717, 1.165) is 15.4 Å². The van der Waals surface area contributed by atoms with Crippen molar-refractivity contribution in [2.45, 2.75) is 6.92 Å². The number of halogens is 1. The van der Waals surface area contributed by atoms with E-state index in [1.807, 2.05) is 37.2 Å². The number of esters is 1. The van der Waals surface area contributed by atoms with Gasteiger partial charge in [0.15, 0.2) is 5.69 Å². The Balaban J connectivity index is 2.60. The number of carbonyl (C=O) groups excluding carboxylic acids is 1. The Bertz CT molecular complexity index is 662. The van der Waals surface area contributed by atoms with Crippen molar-refractivity contribution in [1.82, 2.24) is 9.88 Å². The van der Waals surface area contributed by atoms with Crippen LogP contribution in [0.25, 0.3) is 10.9 Å². The number of rotatable bonds is 4. The number of aromatic amines is 1. The van der Waals surface area contributed by atoms with Crippen molar-refractivity contribution in [3.63, 3.8) is 0 Å². The number of aliphatic imine (C=N–C) groups is 1. The third kappa shape index (κ3) is 3.01.